The van der Waals surface area contributed by atoms with Crippen LogP contribution >= 0.6 is 0 Å². The molecule has 1 amide bonds. The van der Waals surface area contributed by atoms with Gasteiger partial charge < -0.3 is 9.80 Å². The highest BCUT2D eigenvalue weighted by Gasteiger charge is 2.25. The first-order valence-corrected chi connectivity index (χ1v) is 8.43. The smallest absolute Gasteiger partial charge is 0.256 e. The predicted molar refractivity (Wildman–Crippen MR) is 93.6 cm³/mol. The molecule has 0 atom stereocenters. The lowest BCUT2D eigenvalue weighted by Gasteiger charge is -2.35. The van der Waals surface area contributed by atoms with Crippen LogP contribution in [0.1, 0.15) is 10.4 Å². The second kappa shape index (κ2) is 7.10. The van der Waals surface area contributed by atoms with Gasteiger partial charge >= 0.3 is 0 Å². The molecule has 1 aliphatic heterocycles. The molecule has 1 saturated heterocycles. The van der Waals surface area contributed by atoms with Gasteiger partial charge in [-0.15, -0.1) is 10.2 Å². The van der Waals surface area contributed by atoms with Crippen LogP contribution in [0.15, 0.2) is 49.1 Å². The van der Waals surface area contributed by atoms with E-state index in [4.69, 9.17) is 0 Å². The lowest BCUT2D eigenvalue weighted by molar-refractivity contribution is 0.0741. The first-order valence-electron chi connectivity index (χ1n) is 8.43. The molecule has 138 valence electrons. The Morgan fingerprint density at radius 2 is 1.70 bits per heavy atom. The van der Waals surface area contributed by atoms with Crippen molar-refractivity contribution < 1.29 is 13.6 Å². The highest BCUT2D eigenvalue weighted by Crippen LogP contribution is 2.17. The van der Waals surface area contributed by atoms with Gasteiger partial charge in [-0.05, 0) is 24.3 Å². The van der Waals surface area contributed by atoms with E-state index < -0.39 is 17.5 Å². The highest BCUT2D eigenvalue weighted by atomic mass is 19.1. The maximum absolute atomic E-state index is 13.8. The second-order valence-electron chi connectivity index (χ2n) is 6.12. The van der Waals surface area contributed by atoms with E-state index in [0.717, 1.165) is 12.1 Å². The second-order valence-corrected chi connectivity index (χ2v) is 6.12. The Kier molecular flexibility index (Phi) is 4.49. The summed E-state index contributed by atoms with van der Waals surface area (Å²) in [6.07, 6.45) is 5.08. The minimum absolute atomic E-state index is 0.116. The lowest BCUT2D eigenvalue weighted by Crippen LogP contribution is -2.49. The number of halogens is 2. The van der Waals surface area contributed by atoms with E-state index in [1.54, 1.807) is 28.2 Å². The topological polar surface area (TPSA) is 67.2 Å². The van der Waals surface area contributed by atoms with Gasteiger partial charge in [0.1, 0.15) is 18.0 Å². The highest BCUT2D eigenvalue weighted by molar-refractivity contribution is 5.94. The van der Waals surface area contributed by atoms with Gasteiger partial charge in [-0.25, -0.2) is 13.8 Å². The Morgan fingerprint density at radius 1 is 0.963 bits per heavy atom. The van der Waals surface area contributed by atoms with E-state index in [0.29, 0.717) is 37.8 Å². The molecule has 0 bridgehead atoms. The number of aromatic nitrogens is 4. The van der Waals surface area contributed by atoms with E-state index in [2.05, 4.69) is 15.2 Å². The SMILES string of the molecule is O=C(c1ccc(F)cc1F)N1CCN(c2ccc(-n3ccnc3)nn2)CC1. The summed E-state index contributed by atoms with van der Waals surface area (Å²) in [7, 11) is 0. The summed E-state index contributed by atoms with van der Waals surface area (Å²) in [6.45, 7) is 1.93. The summed E-state index contributed by atoms with van der Waals surface area (Å²) in [5, 5.41) is 8.42. The van der Waals surface area contributed by atoms with E-state index in [9.17, 15) is 13.6 Å². The number of imidazole rings is 1. The molecule has 3 heterocycles. The molecule has 0 spiro atoms. The first kappa shape index (κ1) is 17.1. The van der Waals surface area contributed by atoms with E-state index in [1.807, 2.05) is 17.0 Å². The van der Waals surface area contributed by atoms with Crippen molar-refractivity contribution in [3.05, 3.63) is 66.3 Å². The molecule has 0 unspecified atom stereocenters. The van der Waals surface area contributed by atoms with Crippen molar-refractivity contribution in [1.82, 2.24) is 24.6 Å². The molecular formula is C18H16F2N6O. The van der Waals surface area contributed by atoms with Crippen LogP contribution in [0.5, 0.6) is 0 Å². The molecular weight excluding hydrogens is 354 g/mol. The first-order chi connectivity index (χ1) is 13.1. The van der Waals surface area contributed by atoms with Gasteiger partial charge in [0.05, 0.1) is 5.56 Å². The van der Waals surface area contributed by atoms with Gasteiger partial charge in [-0.2, -0.15) is 0 Å². The lowest BCUT2D eigenvalue weighted by atomic mass is 10.1. The Labute approximate surface area is 153 Å². The molecule has 0 radical (unpaired) electrons. The maximum atomic E-state index is 13.8. The molecule has 27 heavy (non-hydrogen) atoms. The number of piperazine rings is 1. The summed E-state index contributed by atoms with van der Waals surface area (Å²) < 4.78 is 28.6. The van der Waals surface area contributed by atoms with Crippen LogP contribution in [0.2, 0.25) is 0 Å². The largest absolute Gasteiger partial charge is 0.352 e. The fraction of sp³-hybridized carbons (Fsp3) is 0.222. The standard InChI is InChI=1S/C18H16F2N6O/c19-13-1-2-14(15(20)11-13)18(27)25-9-7-24(8-10-25)16-3-4-17(23-22-16)26-6-5-21-12-26/h1-6,11-12H,7-10H2. The Hall–Kier alpha value is -3.36. The molecule has 1 aromatic carbocycles. The zero-order valence-electron chi connectivity index (χ0n) is 14.3. The minimum Gasteiger partial charge on any atom is -0.352 e. The van der Waals surface area contributed by atoms with Crippen molar-refractivity contribution in [1.29, 1.82) is 0 Å². The van der Waals surface area contributed by atoms with Crippen molar-refractivity contribution >= 4 is 11.7 Å². The van der Waals surface area contributed by atoms with Gasteiger partial charge in [0.2, 0.25) is 0 Å². The number of amides is 1. The molecule has 4 rings (SSSR count). The van der Waals surface area contributed by atoms with Crippen molar-refractivity contribution in [3.8, 4) is 5.82 Å². The van der Waals surface area contributed by atoms with Crippen LogP contribution in [0, 0.1) is 11.6 Å². The monoisotopic (exact) mass is 370 g/mol. The molecule has 2 aromatic heterocycles. The maximum Gasteiger partial charge on any atom is 0.256 e. The molecule has 1 aliphatic rings. The molecule has 0 aliphatic carbocycles. The van der Waals surface area contributed by atoms with Crippen LogP contribution in [-0.2, 0) is 0 Å². The third kappa shape index (κ3) is 3.48. The normalized spacial score (nSPS) is 14.4. The van der Waals surface area contributed by atoms with E-state index >= 15 is 0 Å². The summed E-state index contributed by atoms with van der Waals surface area (Å²) in [4.78, 5) is 20.0. The van der Waals surface area contributed by atoms with Crippen LogP contribution < -0.4 is 4.90 Å². The molecule has 0 N–H and O–H groups in total. The molecule has 9 heteroatoms. The number of rotatable bonds is 3. The summed E-state index contributed by atoms with van der Waals surface area (Å²) >= 11 is 0. The summed E-state index contributed by atoms with van der Waals surface area (Å²) in [5.74, 6) is -0.612. The molecule has 3 aromatic rings. The van der Waals surface area contributed by atoms with Gasteiger partial charge in [0, 0.05) is 44.6 Å². The number of benzene rings is 1. The fourth-order valence-electron chi connectivity index (χ4n) is 2.99. The van der Waals surface area contributed by atoms with Crippen LogP contribution in [0.25, 0.3) is 5.82 Å². The van der Waals surface area contributed by atoms with Crippen LogP contribution in [-0.4, -0.2) is 56.7 Å². The molecule has 0 saturated carbocycles. The quantitative estimate of drug-likeness (QED) is 0.705. The van der Waals surface area contributed by atoms with Crippen molar-refractivity contribution in [3.63, 3.8) is 0 Å². The molecule has 7 nitrogen and oxygen atoms in total. The fourth-order valence-corrected chi connectivity index (χ4v) is 2.99. The number of carbonyl (C=O) groups is 1. The average Bonchev–Trinajstić information content (AvgIpc) is 3.23. The minimum atomic E-state index is -0.844. The predicted octanol–water partition coefficient (Wildman–Crippen LogP) is 1.90. The van der Waals surface area contributed by atoms with E-state index in [-0.39, 0.29) is 5.56 Å². The van der Waals surface area contributed by atoms with E-state index in [1.165, 1.54) is 6.07 Å². The zero-order valence-corrected chi connectivity index (χ0v) is 14.3. The number of carbonyl (C=O) groups excluding carboxylic acids is 1. The Morgan fingerprint density at radius 3 is 2.33 bits per heavy atom. The summed E-state index contributed by atoms with van der Waals surface area (Å²) in [6, 6.07) is 6.69. The summed E-state index contributed by atoms with van der Waals surface area (Å²) in [5.41, 5.74) is -0.116. The van der Waals surface area contributed by atoms with Crippen molar-refractivity contribution in [2.24, 2.45) is 0 Å². The Balaban J connectivity index is 1.40. The number of hydrogen-bond acceptors (Lipinski definition) is 5. The van der Waals surface area contributed by atoms with Crippen LogP contribution in [0.3, 0.4) is 0 Å². The van der Waals surface area contributed by atoms with Gasteiger partial charge in [0.25, 0.3) is 5.91 Å². The van der Waals surface area contributed by atoms with Gasteiger partial charge in [0.15, 0.2) is 11.6 Å². The molecule has 1 fully saturated rings. The average molecular weight is 370 g/mol. The van der Waals surface area contributed by atoms with Crippen LogP contribution in [0.4, 0.5) is 14.6 Å². The number of anilines is 1. The van der Waals surface area contributed by atoms with Gasteiger partial charge in [-0.3, -0.25) is 9.36 Å². The van der Waals surface area contributed by atoms with Crippen molar-refractivity contribution in [2.45, 2.75) is 0 Å². The Bertz CT molecular complexity index is 937. The zero-order chi connectivity index (χ0) is 18.8. The number of nitrogens with zero attached hydrogens (tertiary/aromatic N) is 6. The number of hydrogen-bond donors (Lipinski definition) is 0. The van der Waals surface area contributed by atoms with Crippen molar-refractivity contribution in [2.75, 3.05) is 31.1 Å². The third-order valence-corrected chi connectivity index (χ3v) is 4.46. The third-order valence-electron chi connectivity index (χ3n) is 4.46. The van der Waals surface area contributed by atoms with Gasteiger partial charge in [-0.1, -0.05) is 0 Å².